The smallest absolute Gasteiger partial charge is 0.432 e. The number of thioether (sulfide) groups is 1. The molecule has 0 bridgehead atoms. The molecule has 0 aliphatic carbocycles. The minimum Gasteiger partial charge on any atom is -0.480 e. The van der Waals surface area contributed by atoms with Crippen molar-refractivity contribution in [1.82, 2.24) is 5.32 Å². The van der Waals surface area contributed by atoms with Crippen LogP contribution in [0.5, 0.6) is 0 Å². The van der Waals surface area contributed by atoms with Crippen LogP contribution in [0, 0.1) is 5.41 Å². The number of alkyl halides is 3. The maximum absolute atomic E-state index is 12.7. The highest BCUT2D eigenvalue weighted by Crippen LogP contribution is 2.30. The number of carboxylic acids is 1. The van der Waals surface area contributed by atoms with E-state index in [1.807, 2.05) is 0 Å². The Morgan fingerprint density at radius 1 is 1.41 bits per heavy atom. The molecule has 29 heavy (non-hydrogen) atoms. The summed E-state index contributed by atoms with van der Waals surface area (Å²) < 4.78 is 61.6. The van der Waals surface area contributed by atoms with Gasteiger partial charge in [0.2, 0.25) is 0 Å². The number of hydrogen-bond acceptors (Lipinski definition) is 7. The van der Waals surface area contributed by atoms with Gasteiger partial charge in [-0.1, -0.05) is 30.5 Å². The van der Waals surface area contributed by atoms with Crippen molar-refractivity contribution in [2.75, 3.05) is 19.8 Å². The summed E-state index contributed by atoms with van der Waals surface area (Å²) >= 11 is 0.803. The number of benzene rings is 1. The van der Waals surface area contributed by atoms with E-state index < -0.39 is 34.2 Å². The zero-order valence-electron chi connectivity index (χ0n) is 15.4. The number of carboxylic acid groups (broad SMARTS) is 1. The monoisotopic (exact) mass is 449 g/mol. The summed E-state index contributed by atoms with van der Waals surface area (Å²) in [6, 6.07) is 5.78. The lowest BCUT2D eigenvalue weighted by molar-refractivity contribution is -0.135. The minimum absolute atomic E-state index is 0.0327. The number of halogens is 3. The van der Waals surface area contributed by atoms with Crippen LogP contribution < -0.4 is 5.32 Å². The molecule has 12 heteroatoms. The molecule has 0 fully saturated rings. The Morgan fingerprint density at radius 3 is 2.52 bits per heavy atom. The van der Waals surface area contributed by atoms with Crippen molar-refractivity contribution in [1.29, 1.82) is 5.41 Å². The summed E-state index contributed by atoms with van der Waals surface area (Å²) in [5.41, 5.74) is -1.64. The second-order valence-electron chi connectivity index (χ2n) is 5.57. The molecule has 0 radical (unpaired) electrons. The molecule has 0 spiro atoms. The standard InChI is InChI=1S/C17H18F3N3O4S2/c1-10(11-5-4-6-12(7-11)29(3,26)27)28-16(22-2)13(23-9-15(24)25)8-14(21)17(18,19)20/h4-8,21,23H,1,9H2,2-3H3,(H,24,25)/b13-8-,21-14?,22-16-. The third-order valence-corrected chi connectivity index (χ3v) is 5.45. The molecule has 0 aliphatic heterocycles. The SMILES string of the molecule is C=C(SC(=N\C)/C(=C/C(=N)C(F)(F)F)NCC(=O)O)c1cccc(S(C)(=O)=O)c1. The molecule has 158 valence electrons. The van der Waals surface area contributed by atoms with Crippen molar-refractivity contribution in [2.45, 2.75) is 11.1 Å². The van der Waals surface area contributed by atoms with Crippen LogP contribution in [-0.2, 0) is 14.6 Å². The van der Waals surface area contributed by atoms with E-state index in [0.717, 1.165) is 18.0 Å². The molecule has 1 rings (SSSR count). The van der Waals surface area contributed by atoms with E-state index in [2.05, 4.69) is 16.9 Å². The van der Waals surface area contributed by atoms with Crippen molar-refractivity contribution < 1.29 is 31.5 Å². The Labute approximate surface area is 169 Å². The van der Waals surface area contributed by atoms with Crippen LogP contribution in [0.2, 0.25) is 0 Å². The first-order valence-corrected chi connectivity index (χ1v) is 10.4. The first-order chi connectivity index (χ1) is 13.3. The summed E-state index contributed by atoms with van der Waals surface area (Å²) in [7, 11) is -2.21. The maximum atomic E-state index is 12.7. The van der Waals surface area contributed by atoms with E-state index in [9.17, 15) is 26.4 Å². The second kappa shape index (κ2) is 9.74. The van der Waals surface area contributed by atoms with Gasteiger partial charge in [0.25, 0.3) is 0 Å². The predicted molar refractivity (Wildman–Crippen MR) is 107 cm³/mol. The van der Waals surface area contributed by atoms with E-state index in [1.54, 1.807) is 6.07 Å². The van der Waals surface area contributed by atoms with Gasteiger partial charge in [0, 0.05) is 18.2 Å². The molecule has 0 saturated carbocycles. The molecule has 0 unspecified atom stereocenters. The van der Waals surface area contributed by atoms with Gasteiger partial charge in [0.1, 0.15) is 17.3 Å². The van der Waals surface area contributed by atoms with Gasteiger partial charge < -0.3 is 10.4 Å². The number of aliphatic carboxylic acids is 1. The molecule has 3 N–H and O–H groups in total. The zero-order valence-corrected chi connectivity index (χ0v) is 17.0. The van der Waals surface area contributed by atoms with Crippen molar-refractivity contribution in [3.05, 3.63) is 48.2 Å². The maximum Gasteiger partial charge on any atom is 0.432 e. The van der Waals surface area contributed by atoms with E-state index in [-0.39, 0.29) is 20.5 Å². The molecular formula is C17H18F3N3O4S2. The number of allylic oxidation sites excluding steroid dienone is 1. The van der Waals surface area contributed by atoms with E-state index >= 15 is 0 Å². The first-order valence-electron chi connectivity index (χ1n) is 7.73. The van der Waals surface area contributed by atoms with Gasteiger partial charge in [-0.25, -0.2) is 8.42 Å². The van der Waals surface area contributed by atoms with Gasteiger partial charge in [-0.15, -0.1) is 0 Å². The van der Waals surface area contributed by atoms with Crippen molar-refractivity contribution in [2.24, 2.45) is 4.99 Å². The number of nitrogens with one attached hydrogen (secondary N) is 2. The molecule has 0 aliphatic rings. The van der Waals surface area contributed by atoms with Gasteiger partial charge in [0.15, 0.2) is 9.84 Å². The normalized spacial score (nSPS) is 13.1. The van der Waals surface area contributed by atoms with Crippen LogP contribution in [0.1, 0.15) is 5.56 Å². The van der Waals surface area contributed by atoms with Crippen molar-refractivity contribution >= 4 is 43.2 Å². The largest absolute Gasteiger partial charge is 0.480 e. The predicted octanol–water partition coefficient (Wildman–Crippen LogP) is 2.96. The van der Waals surface area contributed by atoms with Gasteiger partial charge in [-0.3, -0.25) is 15.2 Å². The Hall–Kier alpha value is -2.60. The number of carbonyl (C=O) groups is 1. The highest BCUT2D eigenvalue weighted by molar-refractivity contribution is 8.22. The van der Waals surface area contributed by atoms with E-state index in [0.29, 0.717) is 11.6 Å². The average molecular weight is 449 g/mol. The Balaban J connectivity index is 3.22. The first kappa shape index (κ1) is 24.4. The van der Waals surface area contributed by atoms with Crippen LogP contribution >= 0.6 is 11.8 Å². The molecule has 0 saturated heterocycles. The Bertz CT molecular complexity index is 984. The van der Waals surface area contributed by atoms with Crippen LogP contribution in [0.3, 0.4) is 0 Å². The van der Waals surface area contributed by atoms with Gasteiger partial charge in [-0.2, -0.15) is 13.2 Å². The fraction of sp³-hybridized carbons (Fsp3) is 0.235. The second-order valence-corrected chi connectivity index (χ2v) is 8.67. The summed E-state index contributed by atoms with van der Waals surface area (Å²) in [5.74, 6) is -1.32. The number of hydrogen-bond donors (Lipinski definition) is 3. The molecule has 0 atom stereocenters. The summed E-state index contributed by atoms with van der Waals surface area (Å²) in [4.78, 5) is 14.9. The van der Waals surface area contributed by atoms with Crippen molar-refractivity contribution in [3.8, 4) is 0 Å². The van der Waals surface area contributed by atoms with E-state index in [4.69, 9.17) is 10.5 Å². The topological polar surface area (TPSA) is 120 Å². The number of aliphatic imine (C=N–C) groups is 1. The lowest BCUT2D eigenvalue weighted by Gasteiger charge is -2.15. The highest BCUT2D eigenvalue weighted by atomic mass is 32.2. The Kier molecular flexibility index (Phi) is 8.21. The summed E-state index contributed by atoms with van der Waals surface area (Å²) in [6.45, 7) is 3.08. The van der Waals surface area contributed by atoms with Crippen LogP contribution in [0.4, 0.5) is 13.2 Å². The quantitative estimate of drug-likeness (QED) is 0.415. The lowest BCUT2D eigenvalue weighted by atomic mass is 10.2. The average Bonchev–Trinajstić information content (AvgIpc) is 2.61. The molecule has 1 aromatic rings. The highest BCUT2D eigenvalue weighted by Gasteiger charge is 2.33. The van der Waals surface area contributed by atoms with Gasteiger partial charge in [-0.05, 0) is 23.8 Å². The third kappa shape index (κ3) is 7.74. The number of sulfone groups is 1. The minimum atomic E-state index is -4.93. The van der Waals surface area contributed by atoms with Crippen LogP contribution in [0.15, 0.2) is 52.5 Å². The third-order valence-electron chi connectivity index (χ3n) is 3.26. The molecular weight excluding hydrogens is 431 g/mol. The number of nitrogens with zero attached hydrogens (tertiary/aromatic N) is 1. The van der Waals surface area contributed by atoms with Crippen LogP contribution in [0.25, 0.3) is 4.91 Å². The van der Waals surface area contributed by atoms with E-state index in [1.165, 1.54) is 25.2 Å². The number of rotatable bonds is 8. The molecule has 0 heterocycles. The zero-order chi connectivity index (χ0) is 22.4. The summed E-state index contributed by atoms with van der Waals surface area (Å²) in [6.07, 6.45) is -3.47. The fourth-order valence-corrected chi connectivity index (χ4v) is 3.36. The molecule has 1 aromatic carbocycles. The van der Waals surface area contributed by atoms with Gasteiger partial charge >= 0.3 is 12.1 Å². The van der Waals surface area contributed by atoms with Crippen LogP contribution in [-0.4, -0.2) is 56.3 Å². The lowest BCUT2D eigenvalue weighted by Crippen LogP contribution is -2.28. The van der Waals surface area contributed by atoms with Crippen molar-refractivity contribution in [3.63, 3.8) is 0 Å². The molecule has 0 aromatic heterocycles. The Morgan fingerprint density at radius 2 is 2.03 bits per heavy atom. The molecule has 7 nitrogen and oxygen atoms in total. The molecule has 0 amide bonds. The summed E-state index contributed by atoms with van der Waals surface area (Å²) in [5, 5.41) is 18.2. The fourth-order valence-electron chi connectivity index (χ4n) is 1.88. The van der Waals surface area contributed by atoms with Gasteiger partial charge in [0.05, 0.1) is 10.6 Å².